The van der Waals surface area contributed by atoms with Crippen molar-refractivity contribution < 1.29 is 10.2 Å². The van der Waals surface area contributed by atoms with E-state index in [1.54, 1.807) is 0 Å². The fraction of sp³-hybridized carbons (Fsp3) is 0.837. The summed E-state index contributed by atoms with van der Waals surface area (Å²) in [6.45, 7) is 0. The van der Waals surface area contributed by atoms with Gasteiger partial charge in [-0.1, -0.05) is 0 Å². The molecular formula is C43H74Cl2P2RuS. The van der Waals surface area contributed by atoms with Crippen LogP contribution in [0.15, 0.2) is 35.2 Å². The van der Waals surface area contributed by atoms with Crippen molar-refractivity contribution in [1.29, 1.82) is 0 Å². The van der Waals surface area contributed by atoms with Crippen LogP contribution in [0, 0.1) is 0 Å². The summed E-state index contributed by atoms with van der Waals surface area (Å²) in [6, 6.07) is 11.6. The topological polar surface area (TPSA) is 0 Å². The predicted octanol–water partition coefficient (Wildman–Crippen LogP) is 15.9. The summed E-state index contributed by atoms with van der Waals surface area (Å²) in [7, 11) is 15.6. The molecule has 1 aromatic carbocycles. The Bertz CT molecular complexity index is 1070. The molecule has 0 nitrogen and oxygen atoms in total. The first kappa shape index (κ1) is 38.8. The van der Waals surface area contributed by atoms with Crippen LogP contribution in [0.3, 0.4) is 0 Å². The number of thioether (sulfide) groups is 1. The number of halogens is 2. The predicted molar refractivity (Wildman–Crippen MR) is 228 cm³/mol. The summed E-state index contributed by atoms with van der Waals surface area (Å²) >= 11 is 2.12. The van der Waals surface area contributed by atoms with Crippen LogP contribution in [0.1, 0.15) is 193 Å². The van der Waals surface area contributed by atoms with Gasteiger partial charge in [0, 0.05) is 0 Å². The first-order valence-corrected chi connectivity index (χ1v) is 37.6. The normalized spacial score (nSPS) is 27.7. The standard InChI is InChI=1S/2C18H33P.C7H6S.2ClH.Ru/c2*1-4-10-16(11-5-1)19(17-12-6-2-7-13-17)18-14-8-3-9-15-18;1-8-7-5-3-2-4-6-7;;;/h2*16-18H,1-15H2;1-6H;2*1H;. The quantitative estimate of drug-likeness (QED) is 0.128. The summed E-state index contributed by atoms with van der Waals surface area (Å²) in [5.41, 5.74) is 0.714. The second-order valence-corrected chi connectivity index (χ2v) is 64.4. The van der Waals surface area contributed by atoms with E-state index in [9.17, 15) is 19.4 Å². The summed E-state index contributed by atoms with van der Waals surface area (Å²) in [4.78, 5) is 1.42. The molecule has 6 aliphatic carbocycles. The van der Waals surface area contributed by atoms with E-state index in [2.05, 4.69) is 46.0 Å². The third-order valence-electron chi connectivity index (χ3n) is 15.5. The van der Waals surface area contributed by atoms with Crippen LogP contribution in [0.25, 0.3) is 0 Å². The number of hydrogen-bond acceptors (Lipinski definition) is 1. The molecule has 6 fully saturated rings. The van der Waals surface area contributed by atoms with E-state index < -0.39 is 21.4 Å². The molecule has 0 unspecified atom stereocenters. The van der Waals surface area contributed by atoms with Gasteiger partial charge >= 0.3 is 318 Å². The van der Waals surface area contributed by atoms with Crippen LogP contribution < -0.4 is 0 Å². The van der Waals surface area contributed by atoms with E-state index in [1.807, 2.05) is 0 Å². The Labute approximate surface area is 316 Å². The molecule has 0 radical (unpaired) electrons. The Morgan fingerprint density at radius 3 is 0.898 bits per heavy atom. The van der Waals surface area contributed by atoms with Crippen molar-refractivity contribution in [3.8, 4) is 0 Å². The molecule has 0 atom stereocenters. The summed E-state index contributed by atoms with van der Waals surface area (Å²) in [5, 5.41) is 0. The van der Waals surface area contributed by atoms with Crippen molar-refractivity contribution in [1.82, 2.24) is 0 Å². The van der Waals surface area contributed by atoms with E-state index >= 15 is 0 Å². The fourth-order valence-electron chi connectivity index (χ4n) is 13.8. The Kier molecular flexibility index (Phi) is 13.9. The molecule has 0 N–H and O–H groups in total. The molecule has 6 aliphatic rings. The van der Waals surface area contributed by atoms with Gasteiger partial charge in [-0.2, -0.15) is 0 Å². The van der Waals surface area contributed by atoms with E-state index in [0.29, 0.717) is 0 Å². The number of hydrogen-bond donors (Lipinski definition) is 0. The minimum atomic E-state index is -4.39. The molecule has 0 aliphatic heterocycles. The SMILES string of the molecule is [Cl][Ru]([Cl])(=[CH]Sc1ccccc1)([PH](C1CCCCC1)(C1CCCCC1)C1CCCCC1)[PH](C1CCCCC1)(C1CCCCC1)C1CCCCC1. The monoisotopic (exact) mass is 856 g/mol. The van der Waals surface area contributed by atoms with Gasteiger partial charge in [-0.3, -0.25) is 0 Å². The molecule has 0 heterocycles. The third-order valence-corrected chi connectivity index (χ3v) is 94.1. The number of benzene rings is 1. The van der Waals surface area contributed by atoms with Crippen molar-refractivity contribution in [2.24, 2.45) is 0 Å². The Hall–Kier alpha value is 1.50. The molecule has 0 spiro atoms. The van der Waals surface area contributed by atoms with Crippen LogP contribution in [0.2, 0.25) is 0 Å². The first-order chi connectivity index (χ1) is 24.0. The zero-order chi connectivity index (χ0) is 33.7. The average Bonchev–Trinajstić information content (AvgIpc) is 3.18. The minimum absolute atomic E-state index is 0.892. The van der Waals surface area contributed by atoms with E-state index in [-0.39, 0.29) is 0 Å². The molecule has 0 aromatic heterocycles. The van der Waals surface area contributed by atoms with E-state index in [4.69, 9.17) is 0 Å². The maximum atomic E-state index is 9.98. The Balaban J connectivity index is 1.60. The van der Waals surface area contributed by atoms with Gasteiger partial charge < -0.3 is 0 Å². The number of rotatable bonds is 10. The zero-order valence-electron chi connectivity index (χ0n) is 31.2. The second-order valence-electron chi connectivity index (χ2n) is 17.9. The Morgan fingerprint density at radius 2 is 0.653 bits per heavy atom. The van der Waals surface area contributed by atoms with Crippen LogP contribution in [0.4, 0.5) is 0 Å². The molecular weight excluding hydrogens is 782 g/mol. The van der Waals surface area contributed by atoms with Crippen LogP contribution in [-0.4, -0.2) is 37.9 Å². The molecule has 284 valence electrons. The van der Waals surface area contributed by atoms with Gasteiger partial charge in [0.25, 0.3) is 0 Å². The van der Waals surface area contributed by atoms with Gasteiger partial charge in [-0.25, -0.2) is 0 Å². The molecule has 6 saturated carbocycles. The summed E-state index contributed by atoms with van der Waals surface area (Å²) in [5.74, 6) is 0. The zero-order valence-corrected chi connectivity index (χ0v) is 37.2. The van der Waals surface area contributed by atoms with Crippen LogP contribution >= 0.6 is 42.3 Å². The maximum absolute atomic E-state index is 9.98. The molecule has 1 aromatic rings. The van der Waals surface area contributed by atoms with Crippen molar-refractivity contribution in [2.45, 2.75) is 231 Å². The molecule has 0 saturated heterocycles. The van der Waals surface area contributed by atoms with Crippen molar-refractivity contribution >= 4 is 46.3 Å². The summed E-state index contributed by atoms with van der Waals surface area (Å²) < 4.78 is 3.00. The molecule has 49 heavy (non-hydrogen) atoms. The fourth-order valence-corrected chi connectivity index (χ4v) is 126. The van der Waals surface area contributed by atoms with Crippen LogP contribution in [-0.2, 0) is 10.2 Å². The second kappa shape index (κ2) is 17.5. The van der Waals surface area contributed by atoms with Gasteiger partial charge in [-0.05, 0) is 0 Å². The molecule has 6 heteroatoms. The van der Waals surface area contributed by atoms with Gasteiger partial charge in [-0.15, -0.1) is 0 Å². The molecule has 0 bridgehead atoms. The van der Waals surface area contributed by atoms with E-state index in [1.165, 1.54) is 198 Å². The Morgan fingerprint density at radius 1 is 0.408 bits per heavy atom. The van der Waals surface area contributed by atoms with E-state index in [0.717, 1.165) is 34.0 Å². The molecule has 0 amide bonds. The van der Waals surface area contributed by atoms with Crippen molar-refractivity contribution in [3.05, 3.63) is 30.3 Å². The van der Waals surface area contributed by atoms with Crippen molar-refractivity contribution in [3.63, 3.8) is 0 Å². The average molecular weight is 857 g/mol. The first-order valence-electron chi connectivity index (χ1n) is 21.8. The molecule has 7 rings (SSSR count). The van der Waals surface area contributed by atoms with Gasteiger partial charge in [0.1, 0.15) is 0 Å². The van der Waals surface area contributed by atoms with Gasteiger partial charge in [0.15, 0.2) is 0 Å². The third kappa shape index (κ3) is 7.21. The van der Waals surface area contributed by atoms with Crippen molar-refractivity contribution in [2.75, 3.05) is 0 Å². The van der Waals surface area contributed by atoms with Gasteiger partial charge in [0.05, 0.1) is 0 Å². The van der Waals surface area contributed by atoms with Crippen LogP contribution in [0.5, 0.6) is 0 Å². The summed E-state index contributed by atoms with van der Waals surface area (Å²) in [6.07, 6.45) is 44.2. The van der Waals surface area contributed by atoms with Gasteiger partial charge in [0.2, 0.25) is 0 Å².